The van der Waals surface area contributed by atoms with Gasteiger partial charge in [-0.25, -0.2) is 0 Å². The van der Waals surface area contributed by atoms with Gasteiger partial charge in [0.25, 0.3) is 0 Å². The Morgan fingerprint density at radius 2 is 1.96 bits per heavy atom. The first-order valence-electron chi connectivity index (χ1n) is 9.09. The second-order valence-electron chi connectivity index (χ2n) is 7.30. The van der Waals surface area contributed by atoms with Gasteiger partial charge in [0.05, 0.1) is 6.10 Å². The highest BCUT2D eigenvalue weighted by molar-refractivity contribution is 5.75. The number of cyclic esters (lactones) is 1. The third-order valence-corrected chi connectivity index (χ3v) is 4.65. The van der Waals surface area contributed by atoms with Gasteiger partial charge in [0, 0.05) is 12.5 Å². The molecule has 0 aliphatic carbocycles. The van der Waals surface area contributed by atoms with Crippen LogP contribution in [0.2, 0.25) is 0 Å². The highest BCUT2D eigenvalue weighted by Crippen LogP contribution is 2.27. The Morgan fingerprint density at radius 3 is 2.62 bits per heavy atom. The highest BCUT2D eigenvalue weighted by Gasteiger charge is 2.33. The van der Waals surface area contributed by atoms with E-state index in [0.29, 0.717) is 12.3 Å². The van der Waals surface area contributed by atoms with Gasteiger partial charge in [-0.2, -0.15) is 0 Å². The minimum absolute atomic E-state index is 0.0840. The molecular formula is C20H31NO3. The van der Waals surface area contributed by atoms with Gasteiger partial charge in [0.15, 0.2) is 0 Å². The summed E-state index contributed by atoms with van der Waals surface area (Å²) < 4.78 is 11.9. The summed E-state index contributed by atoms with van der Waals surface area (Å²) in [6, 6.07) is 9.82. The lowest BCUT2D eigenvalue weighted by molar-refractivity contribution is -0.155. The van der Waals surface area contributed by atoms with Gasteiger partial charge < -0.3 is 15.2 Å². The summed E-state index contributed by atoms with van der Waals surface area (Å²) in [5.41, 5.74) is 7.17. The Balaban J connectivity index is 2.18. The van der Waals surface area contributed by atoms with E-state index in [0.717, 1.165) is 25.9 Å². The molecular weight excluding hydrogens is 302 g/mol. The quantitative estimate of drug-likeness (QED) is 0.840. The molecule has 2 N–H and O–H groups in total. The average molecular weight is 333 g/mol. The third-order valence-electron chi connectivity index (χ3n) is 4.65. The number of rotatable bonds is 5. The van der Waals surface area contributed by atoms with Gasteiger partial charge in [-0.1, -0.05) is 44.2 Å². The normalized spacial score (nSPS) is 28.8. The summed E-state index contributed by atoms with van der Waals surface area (Å²) in [4.78, 5) is 12.1. The summed E-state index contributed by atoms with van der Waals surface area (Å²) in [5, 5.41) is 0. The monoisotopic (exact) mass is 333 g/mol. The first kappa shape index (κ1) is 18.9. The maximum absolute atomic E-state index is 12.1. The van der Waals surface area contributed by atoms with E-state index >= 15 is 0 Å². The second kappa shape index (κ2) is 9.19. The molecule has 0 saturated carbocycles. The Hall–Kier alpha value is -1.39. The van der Waals surface area contributed by atoms with Gasteiger partial charge >= 0.3 is 5.97 Å². The zero-order chi connectivity index (χ0) is 17.5. The molecule has 1 aromatic rings. The lowest BCUT2D eigenvalue weighted by Crippen LogP contribution is -2.39. The molecule has 0 amide bonds. The smallest absolute Gasteiger partial charge is 0.323 e. The fourth-order valence-electron chi connectivity index (χ4n) is 3.24. The van der Waals surface area contributed by atoms with Crippen molar-refractivity contribution in [3.8, 4) is 0 Å². The van der Waals surface area contributed by atoms with E-state index in [1.54, 1.807) is 0 Å². The van der Waals surface area contributed by atoms with Gasteiger partial charge in [-0.05, 0) is 44.1 Å². The molecule has 0 radical (unpaired) electrons. The number of hydrogen-bond acceptors (Lipinski definition) is 4. The number of benzene rings is 1. The predicted molar refractivity (Wildman–Crippen MR) is 95.6 cm³/mol. The van der Waals surface area contributed by atoms with E-state index in [1.807, 2.05) is 25.1 Å². The van der Waals surface area contributed by atoms with E-state index in [9.17, 15) is 4.79 Å². The number of nitrogens with two attached hydrogens (primary N) is 1. The van der Waals surface area contributed by atoms with Gasteiger partial charge in [0.1, 0.15) is 12.1 Å². The summed E-state index contributed by atoms with van der Waals surface area (Å²) in [5.74, 6) is 0.334. The van der Waals surface area contributed by atoms with Crippen molar-refractivity contribution in [2.24, 2.45) is 17.6 Å². The van der Waals surface area contributed by atoms with Gasteiger partial charge in [0.2, 0.25) is 0 Å². The topological polar surface area (TPSA) is 61.5 Å². The van der Waals surface area contributed by atoms with Gasteiger partial charge in [-0.3, -0.25) is 4.79 Å². The van der Waals surface area contributed by atoms with Crippen molar-refractivity contribution < 1.29 is 14.3 Å². The first-order chi connectivity index (χ1) is 11.5. The van der Waals surface area contributed by atoms with Crippen LogP contribution >= 0.6 is 0 Å². The molecule has 1 fully saturated rings. The zero-order valence-corrected chi connectivity index (χ0v) is 15.1. The molecule has 0 bridgehead atoms. The van der Waals surface area contributed by atoms with Gasteiger partial charge in [-0.15, -0.1) is 0 Å². The minimum Gasteiger partial charge on any atom is -0.461 e. The third kappa shape index (κ3) is 5.60. The minimum atomic E-state index is -0.520. The average Bonchev–Trinajstić information content (AvgIpc) is 2.60. The molecule has 0 spiro atoms. The molecule has 4 heteroatoms. The molecule has 4 nitrogen and oxygen atoms in total. The van der Waals surface area contributed by atoms with Crippen LogP contribution in [-0.2, 0) is 20.7 Å². The SMILES string of the molecule is CC(C)CO[C@H]1CCC[C@H](N)C(=O)O[C@@H](C)[C@@H]1Cc1ccccc1. The molecule has 2 rings (SSSR count). The van der Waals surface area contributed by atoms with Crippen LogP contribution in [-0.4, -0.2) is 30.8 Å². The van der Waals surface area contributed by atoms with Crippen LogP contribution < -0.4 is 5.73 Å². The number of ether oxygens (including phenoxy) is 2. The van der Waals surface area contributed by atoms with Crippen molar-refractivity contribution in [2.45, 2.75) is 64.7 Å². The van der Waals surface area contributed by atoms with Crippen molar-refractivity contribution >= 4 is 5.97 Å². The second-order valence-corrected chi connectivity index (χ2v) is 7.30. The van der Waals surface area contributed by atoms with E-state index in [4.69, 9.17) is 15.2 Å². The molecule has 0 unspecified atom stereocenters. The van der Waals surface area contributed by atoms with Crippen molar-refractivity contribution in [3.05, 3.63) is 35.9 Å². The number of carbonyl (C=O) groups excluding carboxylic acids is 1. The largest absolute Gasteiger partial charge is 0.461 e. The van der Waals surface area contributed by atoms with Crippen LogP contribution in [0.25, 0.3) is 0 Å². The number of hydrogen-bond donors (Lipinski definition) is 1. The molecule has 24 heavy (non-hydrogen) atoms. The Labute approximate surface area is 145 Å². The summed E-state index contributed by atoms with van der Waals surface area (Å²) in [6.45, 7) is 7.00. The molecule has 1 aliphatic rings. The first-order valence-corrected chi connectivity index (χ1v) is 9.09. The highest BCUT2D eigenvalue weighted by atomic mass is 16.5. The molecule has 134 valence electrons. The summed E-state index contributed by atoms with van der Waals surface area (Å²) in [6.07, 6.45) is 3.17. The lowest BCUT2D eigenvalue weighted by Gasteiger charge is -2.31. The molecule has 4 atom stereocenters. The maximum atomic E-state index is 12.1. The van der Waals surface area contributed by atoms with Crippen molar-refractivity contribution in [1.82, 2.24) is 0 Å². The fourth-order valence-corrected chi connectivity index (χ4v) is 3.24. The number of esters is 1. The van der Waals surface area contributed by atoms with Crippen LogP contribution in [0, 0.1) is 11.8 Å². The van der Waals surface area contributed by atoms with Crippen molar-refractivity contribution in [1.29, 1.82) is 0 Å². The molecule has 1 aliphatic heterocycles. The molecule has 1 aromatic carbocycles. The number of carbonyl (C=O) groups is 1. The van der Waals surface area contributed by atoms with E-state index in [-0.39, 0.29) is 24.1 Å². The van der Waals surface area contributed by atoms with Crippen molar-refractivity contribution in [2.75, 3.05) is 6.61 Å². The lowest BCUT2D eigenvalue weighted by atomic mass is 9.87. The fraction of sp³-hybridized carbons (Fsp3) is 0.650. The summed E-state index contributed by atoms with van der Waals surface area (Å²) >= 11 is 0. The predicted octanol–water partition coefficient (Wildman–Crippen LogP) is 3.33. The Kier molecular flexibility index (Phi) is 7.25. The van der Waals surface area contributed by atoms with Crippen LogP contribution in [0.5, 0.6) is 0 Å². The van der Waals surface area contributed by atoms with Crippen LogP contribution in [0.3, 0.4) is 0 Å². The van der Waals surface area contributed by atoms with Crippen LogP contribution in [0.1, 0.15) is 45.6 Å². The molecule has 1 heterocycles. The zero-order valence-electron chi connectivity index (χ0n) is 15.1. The van der Waals surface area contributed by atoms with Crippen molar-refractivity contribution in [3.63, 3.8) is 0 Å². The maximum Gasteiger partial charge on any atom is 0.323 e. The molecule has 0 aromatic heterocycles. The molecule has 1 saturated heterocycles. The standard InChI is InChI=1S/C20H31NO3/c1-14(2)13-23-19-11-7-10-18(21)20(22)24-15(3)17(19)12-16-8-5-4-6-9-16/h4-6,8-9,14-15,17-19H,7,10-13,21H2,1-3H3/t15-,17-,18-,19-/m0/s1. The van der Waals surface area contributed by atoms with Crippen LogP contribution in [0.4, 0.5) is 0 Å². The summed E-state index contributed by atoms with van der Waals surface area (Å²) in [7, 11) is 0. The van der Waals surface area contributed by atoms with E-state index in [1.165, 1.54) is 5.56 Å². The van der Waals surface area contributed by atoms with E-state index < -0.39 is 6.04 Å². The van der Waals surface area contributed by atoms with E-state index in [2.05, 4.69) is 26.0 Å². The van der Waals surface area contributed by atoms with Crippen LogP contribution in [0.15, 0.2) is 30.3 Å². The Bertz CT molecular complexity index is 503. The Morgan fingerprint density at radius 1 is 1.25 bits per heavy atom.